The third-order valence-corrected chi connectivity index (χ3v) is 4.27. The molecule has 2 aromatic rings. The molecule has 0 spiro atoms. The fourth-order valence-corrected chi connectivity index (χ4v) is 2.48. The van der Waals surface area contributed by atoms with Gasteiger partial charge in [-0.05, 0) is 48.9 Å². The van der Waals surface area contributed by atoms with E-state index in [2.05, 4.69) is 21.2 Å². The van der Waals surface area contributed by atoms with Crippen molar-refractivity contribution >= 4 is 15.9 Å². The molecule has 1 N–H and O–H groups in total. The van der Waals surface area contributed by atoms with E-state index in [0.29, 0.717) is 0 Å². The number of benzene rings is 2. The number of nitrogens with one attached hydrogen (secondary N) is 1. The predicted octanol–water partition coefficient (Wildman–Crippen LogP) is 5.09. The van der Waals surface area contributed by atoms with Gasteiger partial charge in [0.2, 0.25) is 0 Å². The SMILES string of the molecule is CNC(c1ccc(C(F)(F)F)cc1)c1ccc(Br)c(C)c1. The van der Waals surface area contributed by atoms with Crippen molar-refractivity contribution < 1.29 is 13.2 Å². The molecule has 0 amide bonds. The lowest BCUT2D eigenvalue weighted by Gasteiger charge is -2.19. The van der Waals surface area contributed by atoms with Crippen LogP contribution in [0.1, 0.15) is 28.3 Å². The zero-order valence-electron chi connectivity index (χ0n) is 11.6. The molecule has 0 aliphatic heterocycles. The molecule has 1 atom stereocenters. The molecular formula is C16H15BrF3N. The topological polar surface area (TPSA) is 12.0 Å². The van der Waals surface area contributed by atoms with Gasteiger partial charge in [0.15, 0.2) is 0 Å². The highest BCUT2D eigenvalue weighted by Crippen LogP contribution is 2.31. The van der Waals surface area contributed by atoms with Crippen LogP contribution in [0.3, 0.4) is 0 Å². The molecule has 0 heterocycles. The van der Waals surface area contributed by atoms with Gasteiger partial charge in [-0.25, -0.2) is 0 Å². The van der Waals surface area contributed by atoms with Gasteiger partial charge < -0.3 is 5.32 Å². The molecule has 2 aromatic carbocycles. The van der Waals surface area contributed by atoms with Crippen LogP contribution in [0.5, 0.6) is 0 Å². The lowest BCUT2D eigenvalue weighted by atomic mass is 9.96. The monoisotopic (exact) mass is 357 g/mol. The van der Waals surface area contributed by atoms with Crippen LogP contribution in [0.2, 0.25) is 0 Å². The second-order valence-corrected chi connectivity index (χ2v) is 5.70. The Morgan fingerprint density at radius 1 is 1.00 bits per heavy atom. The molecule has 21 heavy (non-hydrogen) atoms. The molecule has 0 bridgehead atoms. The Hall–Kier alpha value is -1.33. The quantitative estimate of drug-likeness (QED) is 0.806. The average Bonchev–Trinajstić information content (AvgIpc) is 2.43. The van der Waals surface area contributed by atoms with Crippen LogP contribution in [0.15, 0.2) is 46.9 Å². The minimum absolute atomic E-state index is 0.140. The maximum absolute atomic E-state index is 12.6. The third kappa shape index (κ3) is 3.66. The average molecular weight is 358 g/mol. The standard InChI is InChI=1S/C16H15BrF3N/c1-10-9-12(5-8-14(10)17)15(21-2)11-3-6-13(7-4-11)16(18,19)20/h3-9,15,21H,1-2H3. The molecule has 0 fully saturated rings. The molecule has 2 rings (SSSR count). The molecule has 0 aliphatic rings. The van der Waals surface area contributed by atoms with Gasteiger partial charge in [-0.15, -0.1) is 0 Å². The highest BCUT2D eigenvalue weighted by molar-refractivity contribution is 9.10. The van der Waals surface area contributed by atoms with E-state index in [1.54, 1.807) is 7.05 Å². The van der Waals surface area contributed by atoms with Crippen molar-refractivity contribution in [2.24, 2.45) is 0 Å². The molecule has 1 unspecified atom stereocenters. The van der Waals surface area contributed by atoms with Gasteiger partial charge in [0.1, 0.15) is 0 Å². The largest absolute Gasteiger partial charge is 0.416 e. The summed E-state index contributed by atoms with van der Waals surface area (Å²) < 4.78 is 38.8. The third-order valence-electron chi connectivity index (χ3n) is 3.38. The molecule has 1 nitrogen and oxygen atoms in total. The van der Waals surface area contributed by atoms with Crippen molar-refractivity contribution in [1.82, 2.24) is 5.32 Å². The van der Waals surface area contributed by atoms with E-state index >= 15 is 0 Å². The van der Waals surface area contributed by atoms with Gasteiger partial charge in [-0.2, -0.15) is 13.2 Å². The van der Waals surface area contributed by atoms with Crippen LogP contribution >= 0.6 is 15.9 Å². The van der Waals surface area contributed by atoms with E-state index < -0.39 is 11.7 Å². The smallest absolute Gasteiger partial charge is 0.309 e. The van der Waals surface area contributed by atoms with Crippen molar-refractivity contribution in [3.63, 3.8) is 0 Å². The zero-order chi connectivity index (χ0) is 15.6. The Balaban J connectivity index is 2.35. The Morgan fingerprint density at radius 3 is 2.05 bits per heavy atom. The summed E-state index contributed by atoms with van der Waals surface area (Å²) in [5.74, 6) is 0. The fraction of sp³-hybridized carbons (Fsp3) is 0.250. The van der Waals surface area contributed by atoms with Crippen molar-refractivity contribution in [2.75, 3.05) is 7.05 Å². The molecule has 0 saturated carbocycles. The summed E-state index contributed by atoms with van der Waals surface area (Å²) in [6, 6.07) is 11.0. The lowest BCUT2D eigenvalue weighted by molar-refractivity contribution is -0.137. The molecular weight excluding hydrogens is 343 g/mol. The summed E-state index contributed by atoms with van der Waals surface area (Å²) in [5.41, 5.74) is 2.26. The number of hydrogen-bond donors (Lipinski definition) is 1. The first-order valence-electron chi connectivity index (χ1n) is 6.43. The summed E-state index contributed by atoms with van der Waals surface area (Å²) in [6.45, 7) is 1.98. The van der Waals surface area contributed by atoms with Crippen LogP contribution in [0.4, 0.5) is 13.2 Å². The Morgan fingerprint density at radius 2 is 1.57 bits per heavy atom. The normalized spacial score (nSPS) is 13.2. The van der Waals surface area contributed by atoms with Gasteiger partial charge in [-0.3, -0.25) is 0 Å². The number of rotatable bonds is 3. The summed E-state index contributed by atoms with van der Waals surface area (Å²) in [5, 5.41) is 3.14. The van der Waals surface area contributed by atoms with E-state index in [-0.39, 0.29) is 6.04 Å². The van der Waals surface area contributed by atoms with Crippen LogP contribution in [-0.2, 0) is 6.18 Å². The van der Waals surface area contributed by atoms with Gasteiger partial charge in [0, 0.05) is 4.47 Å². The van der Waals surface area contributed by atoms with Crippen molar-refractivity contribution in [3.05, 3.63) is 69.2 Å². The number of hydrogen-bond acceptors (Lipinski definition) is 1. The van der Waals surface area contributed by atoms with Gasteiger partial charge >= 0.3 is 6.18 Å². The van der Waals surface area contributed by atoms with E-state index in [4.69, 9.17) is 0 Å². The summed E-state index contributed by atoms with van der Waals surface area (Å²) in [7, 11) is 1.79. The van der Waals surface area contributed by atoms with E-state index in [9.17, 15) is 13.2 Å². The second kappa shape index (κ2) is 6.20. The number of aryl methyl sites for hydroxylation is 1. The highest BCUT2D eigenvalue weighted by atomic mass is 79.9. The molecule has 112 valence electrons. The Bertz CT molecular complexity index is 620. The first-order valence-corrected chi connectivity index (χ1v) is 7.22. The van der Waals surface area contributed by atoms with E-state index in [1.165, 1.54) is 12.1 Å². The maximum atomic E-state index is 12.6. The summed E-state index contributed by atoms with van der Waals surface area (Å²) in [4.78, 5) is 0. The summed E-state index contributed by atoms with van der Waals surface area (Å²) >= 11 is 3.44. The maximum Gasteiger partial charge on any atom is 0.416 e. The van der Waals surface area contributed by atoms with Crippen molar-refractivity contribution in [1.29, 1.82) is 0 Å². The fourth-order valence-electron chi connectivity index (χ4n) is 2.24. The molecule has 0 saturated heterocycles. The zero-order valence-corrected chi connectivity index (χ0v) is 13.2. The van der Waals surface area contributed by atoms with Gasteiger partial charge in [0.05, 0.1) is 11.6 Å². The lowest BCUT2D eigenvalue weighted by Crippen LogP contribution is -2.18. The predicted molar refractivity (Wildman–Crippen MR) is 81.2 cm³/mol. The first-order chi connectivity index (χ1) is 9.82. The van der Waals surface area contributed by atoms with Crippen LogP contribution in [0.25, 0.3) is 0 Å². The molecule has 0 radical (unpaired) electrons. The minimum atomic E-state index is -4.30. The minimum Gasteiger partial charge on any atom is -0.309 e. The number of alkyl halides is 3. The first kappa shape index (κ1) is 16.0. The van der Waals surface area contributed by atoms with Gasteiger partial charge in [-0.1, -0.05) is 40.2 Å². The summed E-state index contributed by atoms with van der Waals surface area (Å²) in [6.07, 6.45) is -4.30. The molecule has 0 aromatic heterocycles. The van der Waals surface area contributed by atoms with Crippen LogP contribution in [0, 0.1) is 6.92 Å². The Labute approximate surface area is 130 Å². The van der Waals surface area contributed by atoms with Crippen molar-refractivity contribution in [2.45, 2.75) is 19.1 Å². The highest BCUT2D eigenvalue weighted by Gasteiger charge is 2.30. The van der Waals surface area contributed by atoms with E-state index in [1.807, 2.05) is 25.1 Å². The van der Waals surface area contributed by atoms with Crippen LogP contribution < -0.4 is 5.32 Å². The number of halogens is 4. The molecule has 0 aliphatic carbocycles. The Kier molecular flexibility index (Phi) is 4.74. The van der Waals surface area contributed by atoms with Crippen LogP contribution in [-0.4, -0.2) is 7.05 Å². The van der Waals surface area contributed by atoms with E-state index in [0.717, 1.165) is 33.3 Å². The second-order valence-electron chi connectivity index (χ2n) is 4.85. The molecule has 5 heteroatoms. The van der Waals surface area contributed by atoms with Gasteiger partial charge in [0.25, 0.3) is 0 Å². The van der Waals surface area contributed by atoms with Crippen molar-refractivity contribution in [3.8, 4) is 0 Å².